The highest BCUT2D eigenvalue weighted by molar-refractivity contribution is 6.29. The van der Waals surface area contributed by atoms with Crippen LogP contribution in [0.3, 0.4) is 0 Å². The predicted octanol–water partition coefficient (Wildman–Crippen LogP) is 2.61. The Morgan fingerprint density at radius 2 is 1.87 bits per heavy atom. The zero-order chi connectivity index (χ0) is 10.7. The lowest BCUT2D eigenvalue weighted by Crippen LogP contribution is -1.88. The van der Waals surface area contributed by atoms with Crippen molar-refractivity contribution in [3.8, 4) is 11.4 Å². The summed E-state index contributed by atoms with van der Waals surface area (Å²) in [6.07, 6.45) is 2.39. The summed E-state index contributed by atoms with van der Waals surface area (Å²) in [6.45, 7) is 0. The molecule has 0 bridgehead atoms. The minimum Gasteiger partial charge on any atom is -0.298 e. The zero-order valence-corrected chi connectivity index (χ0v) is 8.48. The Bertz CT molecular complexity index is 482. The van der Waals surface area contributed by atoms with Crippen LogP contribution in [0.4, 0.5) is 0 Å². The third-order valence-corrected chi connectivity index (χ3v) is 2.14. The fourth-order valence-corrected chi connectivity index (χ4v) is 1.32. The molecule has 1 aromatic carbocycles. The van der Waals surface area contributed by atoms with Gasteiger partial charge in [0.15, 0.2) is 5.82 Å². The van der Waals surface area contributed by atoms with Gasteiger partial charge in [0.1, 0.15) is 11.4 Å². The first kappa shape index (κ1) is 9.80. The Kier molecular flexibility index (Phi) is 2.74. The first-order valence-corrected chi connectivity index (χ1v) is 4.71. The van der Waals surface area contributed by atoms with Gasteiger partial charge in [-0.2, -0.15) is 0 Å². The van der Waals surface area contributed by atoms with Gasteiger partial charge in [-0.3, -0.25) is 4.79 Å². The van der Waals surface area contributed by atoms with E-state index in [9.17, 15) is 4.79 Å². The molecule has 2 rings (SSSR count). The summed E-state index contributed by atoms with van der Waals surface area (Å²) < 4.78 is 0. The number of hydrogen-bond acceptors (Lipinski definition) is 3. The number of carbonyl (C=O) groups is 1. The van der Waals surface area contributed by atoms with Gasteiger partial charge < -0.3 is 0 Å². The fraction of sp³-hybridized carbons (Fsp3) is 0. The van der Waals surface area contributed by atoms with Crippen LogP contribution in [0.1, 0.15) is 10.4 Å². The van der Waals surface area contributed by atoms with E-state index in [2.05, 4.69) is 9.97 Å². The Morgan fingerprint density at radius 1 is 1.13 bits per heavy atom. The lowest BCUT2D eigenvalue weighted by molar-refractivity contribution is 0.112. The van der Waals surface area contributed by atoms with Gasteiger partial charge in [-0.05, 0) is 6.07 Å². The van der Waals surface area contributed by atoms with Crippen LogP contribution in [0.2, 0.25) is 5.15 Å². The molecule has 0 aliphatic heterocycles. The predicted molar refractivity (Wildman–Crippen MR) is 57.9 cm³/mol. The monoisotopic (exact) mass is 218 g/mol. The lowest BCUT2D eigenvalue weighted by Gasteiger charge is -1.99. The van der Waals surface area contributed by atoms with E-state index < -0.39 is 0 Å². The summed E-state index contributed by atoms with van der Waals surface area (Å²) in [5.74, 6) is 0.556. The number of benzene rings is 1. The summed E-state index contributed by atoms with van der Waals surface area (Å²) in [6, 6.07) is 8.62. The molecule has 0 fully saturated rings. The molecule has 1 aromatic heterocycles. The van der Waals surface area contributed by atoms with Crippen LogP contribution in [0.15, 0.2) is 36.5 Å². The first-order chi connectivity index (χ1) is 7.29. The molecule has 0 atom stereocenters. The third kappa shape index (κ3) is 2.19. The molecule has 0 spiro atoms. The molecule has 0 aliphatic carbocycles. The van der Waals surface area contributed by atoms with Gasteiger partial charge in [-0.25, -0.2) is 9.97 Å². The van der Waals surface area contributed by atoms with Crippen LogP contribution in [-0.2, 0) is 0 Å². The van der Waals surface area contributed by atoms with Crippen LogP contribution >= 0.6 is 11.6 Å². The normalized spacial score (nSPS) is 9.93. The molecule has 15 heavy (non-hydrogen) atoms. The van der Waals surface area contributed by atoms with E-state index in [1.807, 2.05) is 0 Å². The minimum atomic E-state index is 0.402. The van der Waals surface area contributed by atoms with Gasteiger partial charge in [0, 0.05) is 17.3 Å². The lowest BCUT2D eigenvalue weighted by atomic mass is 10.1. The zero-order valence-electron chi connectivity index (χ0n) is 7.72. The quantitative estimate of drug-likeness (QED) is 0.575. The van der Waals surface area contributed by atoms with Crippen LogP contribution in [0.25, 0.3) is 11.4 Å². The number of aldehydes is 1. The molecule has 0 saturated heterocycles. The van der Waals surface area contributed by atoms with Crippen LogP contribution in [0.5, 0.6) is 0 Å². The van der Waals surface area contributed by atoms with Gasteiger partial charge in [0.05, 0.1) is 0 Å². The van der Waals surface area contributed by atoms with E-state index in [0.29, 0.717) is 16.5 Å². The number of aromatic nitrogens is 2. The maximum absolute atomic E-state index is 10.5. The van der Waals surface area contributed by atoms with E-state index in [1.54, 1.807) is 36.5 Å². The summed E-state index contributed by atoms with van der Waals surface area (Å²) in [5, 5.41) is 0.402. The van der Waals surface area contributed by atoms with E-state index in [4.69, 9.17) is 11.6 Å². The smallest absolute Gasteiger partial charge is 0.160 e. The molecule has 3 nitrogen and oxygen atoms in total. The average Bonchev–Trinajstić information content (AvgIpc) is 2.29. The van der Waals surface area contributed by atoms with Gasteiger partial charge in [0.2, 0.25) is 0 Å². The summed E-state index contributed by atoms with van der Waals surface area (Å²) in [5.41, 5.74) is 1.46. The van der Waals surface area contributed by atoms with Crippen LogP contribution < -0.4 is 0 Å². The molecule has 0 unspecified atom stereocenters. The highest BCUT2D eigenvalue weighted by atomic mass is 35.5. The Morgan fingerprint density at radius 3 is 2.47 bits per heavy atom. The highest BCUT2D eigenvalue weighted by Crippen LogP contribution is 2.16. The van der Waals surface area contributed by atoms with Crippen molar-refractivity contribution in [3.63, 3.8) is 0 Å². The Hall–Kier alpha value is -1.74. The number of rotatable bonds is 2. The van der Waals surface area contributed by atoms with Crippen molar-refractivity contribution < 1.29 is 4.79 Å². The molecule has 1 heterocycles. The van der Waals surface area contributed by atoms with Gasteiger partial charge in [0.25, 0.3) is 0 Å². The molecular weight excluding hydrogens is 212 g/mol. The molecule has 0 saturated carbocycles. The first-order valence-electron chi connectivity index (χ1n) is 4.34. The average molecular weight is 219 g/mol. The maximum atomic E-state index is 10.5. The SMILES string of the molecule is O=Cc1ccc(-c2nccc(Cl)n2)cc1. The summed E-state index contributed by atoms with van der Waals surface area (Å²) in [4.78, 5) is 18.6. The summed E-state index contributed by atoms with van der Waals surface area (Å²) in [7, 11) is 0. The largest absolute Gasteiger partial charge is 0.298 e. The second kappa shape index (κ2) is 4.19. The summed E-state index contributed by atoms with van der Waals surface area (Å²) >= 11 is 5.75. The molecule has 0 N–H and O–H groups in total. The van der Waals surface area contributed by atoms with Crippen LogP contribution in [0, 0.1) is 0 Å². The van der Waals surface area contributed by atoms with Crippen molar-refractivity contribution in [3.05, 3.63) is 47.2 Å². The molecule has 74 valence electrons. The van der Waals surface area contributed by atoms with Crippen LogP contribution in [-0.4, -0.2) is 16.3 Å². The van der Waals surface area contributed by atoms with Gasteiger partial charge in [-0.15, -0.1) is 0 Å². The third-order valence-electron chi connectivity index (χ3n) is 1.93. The standard InChI is InChI=1S/C11H7ClN2O/c12-10-5-6-13-11(14-10)9-3-1-8(7-15)2-4-9/h1-7H. The van der Waals surface area contributed by atoms with E-state index >= 15 is 0 Å². The van der Waals surface area contributed by atoms with Gasteiger partial charge >= 0.3 is 0 Å². The van der Waals surface area contributed by atoms with Crippen molar-refractivity contribution in [2.75, 3.05) is 0 Å². The van der Waals surface area contributed by atoms with E-state index in [0.717, 1.165) is 11.8 Å². The van der Waals surface area contributed by atoms with Crippen molar-refractivity contribution >= 4 is 17.9 Å². The highest BCUT2D eigenvalue weighted by Gasteiger charge is 2.01. The molecule has 0 amide bonds. The van der Waals surface area contributed by atoms with E-state index in [1.165, 1.54) is 0 Å². The minimum absolute atomic E-state index is 0.402. The Balaban J connectivity index is 2.41. The molecular formula is C11H7ClN2O. The number of carbonyl (C=O) groups excluding carboxylic acids is 1. The second-order valence-corrected chi connectivity index (χ2v) is 3.33. The molecule has 2 aromatic rings. The fourth-order valence-electron chi connectivity index (χ4n) is 1.19. The number of hydrogen-bond donors (Lipinski definition) is 0. The van der Waals surface area contributed by atoms with Crippen molar-refractivity contribution in [2.24, 2.45) is 0 Å². The molecule has 0 radical (unpaired) electrons. The Labute approximate surface area is 91.8 Å². The topological polar surface area (TPSA) is 42.9 Å². The van der Waals surface area contributed by atoms with Crippen molar-refractivity contribution in [2.45, 2.75) is 0 Å². The van der Waals surface area contributed by atoms with Gasteiger partial charge in [-0.1, -0.05) is 35.9 Å². The van der Waals surface area contributed by atoms with E-state index in [-0.39, 0.29) is 0 Å². The molecule has 4 heteroatoms. The second-order valence-electron chi connectivity index (χ2n) is 2.94. The number of nitrogens with zero attached hydrogens (tertiary/aromatic N) is 2. The number of halogens is 1. The molecule has 0 aliphatic rings. The maximum Gasteiger partial charge on any atom is 0.160 e. The van der Waals surface area contributed by atoms with Crippen molar-refractivity contribution in [1.29, 1.82) is 0 Å². The van der Waals surface area contributed by atoms with Crippen molar-refractivity contribution in [1.82, 2.24) is 9.97 Å².